The molecule has 0 unspecified atom stereocenters. The molecule has 200 valence electrons. The van der Waals surface area contributed by atoms with Crippen LogP contribution in [0.5, 0.6) is 11.5 Å². The van der Waals surface area contributed by atoms with Crippen LogP contribution in [0.4, 0.5) is 10.5 Å². The van der Waals surface area contributed by atoms with Crippen molar-refractivity contribution in [3.8, 4) is 11.5 Å². The minimum atomic E-state index is -0.890. The number of carbonyl (C=O) groups is 4. The predicted molar refractivity (Wildman–Crippen MR) is 145 cm³/mol. The maximum atomic E-state index is 13.2. The van der Waals surface area contributed by atoms with Gasteiger partial charge in [0.15, 0.2) is 11.5 Å². The minimum absolute atomic E-state index is 0.191. The molecule has 1 aliphatic rings. The molecule has 3 aromatic rings. The third-order valence-electron chi connectivity index (χ3n) is 5.91. The molecule has 0 saturated carbocycles. The van der Waals surface area contributed by atoms with E-state index >= 15 is 0 Å². The van der Waals surface area contributed by atoms with Gasteiger partial charge >= 0.3 is 12.0 Å². The number of nitrogens with one attached hydrogen (secondary N) is 1. The predicted octanol–water partition coefficient (Wildman–Crippen LogP) is 4.73. The number of amides is 4. The van der Waals surface area contributed by atoms with Crippen molar-refractivity contribution in [1.29, 1.82) is 0 Å². The van der Waals surface area contributed by atoms with Gasteiger partial charge in [-0.25, -0.2) is 14.5 Å². The number of imide groups is 2. The van der Waals surface area contributed by atoms with E-state index in [0.717, 1.165) is 21.6 Å². The van der Waals surface area contributed by atoms with E-state index in [2.05, 4.69) is 11.4 Å². The molecule has 0 aliphatic carbocycles. The van der Waals surface area contributed by atoms with Gasteiger partial charge in [-0.3, -0.25) is 14.9 Å². The maximum absolute atomic E-state index is 13.2. The monoisotopic (exact) mass is 528 g/mol. The number of anilines is 1. The molecule has 0 aromatic heterocycles. The lowest BCUT2D eigenvalue weighted by Crippen LogP contribution is -2.54. The summed E-state index contributed by atoms with van der Waals surface area (Å²) in [7, 11) is 1.49. The van der Waals surface area contributed by atoms with Crippen LogP contribution in [-0.4, -0.2) is 37.5 Å². The number of carbonyl (C=O) groups excluding carboxylic acids is 4. The van der Waals surface area contributed by atoms with Crippen LogP contribution in [0.2, 0.25) is 0 Å². The molecule has 1 N–H and O–H groups in total. The first-order valence-corrected chi connectivity index (χ1v) is 12.3. The van der Waals surface area contributed by atoms with Crippen LogP contribution in [0.3, 0.4) is 0 Å². The number of ether oxygens (including phenoxy) is 3. The van der Waals surface area contributed by atoms with Crippen molar-refractivity contribution in [1.82, 2.24) is 5.32 Å². The van der Waals surface area contributed by atoms with Gasteiger partial charge < -0.3 is 14.2 Å². The Hall–Kier alpha value is -4.92. The van der Waals surface area contributed by atoms with Crippen molar-refractivity contribution < 1.29 is 33.4 Å². The summed E-state index contributed by atoms with van der Waals surface area (Å²) < 4.78 is 16.4. The van der Waals surface area contributed by atoms with Crippen LogP contribution in [0, 0.1) is 13.8 Å². The van der Waals surface area contributed by atoms with Gasteiger partial charge in [0.2, 0.25) is 0 Å². The molecule has 0 spiro atoms. The summed E-state index contributed by atoms with van der Waals surface area (Å²) in [6, 6.07) is 16.0. The average Bonchev–Trinajstić information content (AvgIpc) is 2.90. The maximum Gasteiger partial charge on any atom is 0.338 e. The number of urea groups is 1. The summed E-state index contributed by atoms with van der Waals surface area (Å²) in [5.74, 6) is -1.23. The van der Waals surface area contributed by atoms with Crippen LogP contribution in [0.1, 0.15) is 39.5 Å². The second-order valence-electron chi connectivity index (χ2n) is 8.92. The van der Waals surface area contributed by atoms with Crippen LogP contribution < -0.4 is 19.7 Å². The van der Waals surface area contributed by atoms with E-state index in [-0.39, 0.29) is 23.4 Å². The number of nitrogens with zero attached hydrogens (tertiary/aromatic N) is 1. The summed E-state index contributed by atoms with van der Waals surface area (Å²) in [6.07, 6.45) is 1.38. The molecular weight excluding hydrogens is 500 g/mol. The lowest BCUT2D eigenvalue weighted by atomic mass is 10.1. The molecule has 39 heavy (non-hydrogen) atoms. The lowest BCUT2D eigenvalue weighted by Gasteiger charge is -2.26. The van der Waals surface area contributed by atoms with Gasteiger partial charge in [-0.05, 0) is 74.4 Å². The third-order valence-corrected chi connectivity index (χ3v) is 5.91. The first-order valence-electron chi connectivity index (χ1n) is 12.3. The SMILES string of the molecule is CCOC(=O)c1ccc(N2C(=O)NC(=O)/C(=C\c3ccc(OCc4cc(C)cc(C)c4)c(OC)c3)C2=O)cc1. The van der Waals surface area contributed by atoms with E-state index in [1.807, 2.05) is 26.0 Å². The Labute approximate surface area is 226 Å². The number of hydrogen-bond donors (Lipinski definition) is 1. The fourth-order valence-electron chi connectivity index (χ4n) is 4.23. The molecule has 0 atom stereocenters. The van der Waals surface area contributed by atoms with E-state index in [0.29, 0.717) is 23.7 Å². The Kier molecular flexibility index (Phi) is 8.10. The van der Waals surface area contributed by atoms with Crippen molar-refractivity contribution in [2.75, 3.05) is 18.6 Å². The van der Waals surface area contributed by atoms with Crippen LogP contribution in [0.15, 0.2) is 66.2 Å². The molecule has 4 amide bonds. The fourth-order valence-corrected chi connectivity index (χ4v) is 4.23. The van der Waals surface area contributed by atoms with Crippen LogP contribution >= 0.6 is 0 Å². The van der Waals surface area contributed by atoms with Gasteiger partial charge in [-0.2, -0.15) is 0 Å². The number of aryl methyl sites for hydroxylation is 2. The molecule has 0 radical (unpaired) electrons. The number of barbiturate groups is 1. The van der Waals surface area contributed by atoms with Crippen molar-refractivity contribution in [3.63, 3.8) is 0 Å². The molecule has 9 heteroatoms. The number of hydrogen-bond acceptors (Lipinski definition) is 7. The molecule has 9 nitrogen and oxygen atoms in total. The average molecular weight is 529 g/mol. The van der Waals surface area contributed by atoms with E-state index in [1.54, 1.807) is 25.1 Å². The molecule has 1 saturated heterocycles. The topological polar surface area (TPSA) is 111 Å². The van der Waals surface area contributed by atoms with E-state index in [1.165, 1.54) is 37.5 Å². The summed E-state index contributed by atoms with van der Waals surface area (Å²) in [5, 5.41) is 2.19. The first kappa shape index (κ1) is 27.1. The van der Waals surface area contributed by atoms with Gasteiger partial charge in [-0.15, -0.1) is 0 Å². The zero-order valence-corrected chi connectivity index (χ0v) is 22.1. The highest BCUT2D eigenvalue weighted by Gasteiger charge is 2.37. The highest BCUT2D eigenvalue weighted by molar-refractivity contribution is 6.39. The number of benzene rings is 3. The second-order valence-corrected chi connectivity index (χ2v) is 8.92. The molecule has 4 rings (SSSR count). The van der Waals surface area contributed by atoms with Gasteiger partial charge in [0.05, 0.1) is 25.0 Å². The van der Waals surface area contributed by atoms with Crippen molar-refractivity contribution >= 4 is 35.6 Å². The Balaban J connectivity index is 1.56. The van der Waals surface area contributed by atoms with Crippen molar-refractivity contribution in [3.05, 3.63) is 94.1 Å². The van der Waals surface area contributed by atoms with Gasteiger partial charge in [-0.1, -0.05) is 35.4 Å². The standard InChI is InChI=1S/C30H28N2O7/c1-5-38-29(35)22-7-9-23(10-8-22)32-28(34)24(27(33)31-30(32)36)15-20-6-11-25(26(16-20)37-4)39-17-21-13-18(2)12-19(3)14-21/h6-16H,5,17H2,1-4H3,(H,31,33,36)/b24-15+. The molecule has 1 heterocycles. The fraction of sp³-hybridized carbons (Fsp3) is 0.200. The summed E-state index contributed by atoms with van der Waals surface area (Å²) >= 11 is 0. The third kappa shape index (κ3) is 6.15. The van der Waals surface area contributed by atoms with Crippen LogP contribution in [-0.2, 0) is 20.9 Å². The molecule has 0 bridgehead atoms. The first-order chi connectivity index (χ1) is 18.7. The van der Waals surface area contributed by atoms with Gasteiger partial charge in [0.25, 0.3) is 11.8 Å². The zero-order chi connectivity index (χ0) is 28.1. The Bertz CT molecular complexity index is 1450. The highest BCUT2D eigenvalue weighted by atomic mass is 16.5. The summed E-state index contributed by atoms with van der Waals surface area (Å²) in [6.45, 7) is 6.29. The van der Waals surface area contributed by atoms with E-state index in [9.17, 15) is 19.2 Å². The smallest absolute Gasteiger partial charge is 0.338 e. The minimum Gasteiger partial charge on any atom is -0.493 e. The Morgan fingerprint density at radius 1 is 0.923 bits per heavy atom. The summed E-state index contributed by atoms with van der Waals surface area (Å²) in [5.41, 5.74) is 4.01. The molecule has 1 fully saturated rings. The Morgan fingerprint density at radius 2 is 1.62 bits per heavy atom. The molecular formula is C30H28N2O7. The van der Waals surface area contributed by atoms with E-state index in [4.69, 9.17) is 14.2 Å². The summed E-state index contributed by atoms with van der Waals surface area (Å²) in [4.78, 5) is 51.1. The number of rotatable bonds is 8. The molecule has 1 aliphatic heterocycles. The lowest BCUT2D eigenvalue weighted by molar-refractivity contribution is -0.122. The highest BCUT2D eigenvalue weighted by Crippen LogP contribution is 2.31. The largest absolute Gasteiger partial charge is 0.493 e. The van der Waals surface area contributed by atoms with Crippen LogP contribution in [0.25, 0.3) is 6.08 Å². The zero-order valence-electron chi connectivity index (χ0n) is 22.1. The second kappa shape index (κ2) is 11.6. The number of esters is 1. The van der Waals surface area contributed by atoms with Gasteiger partial charge in [0, 0.05) is 0 Å². The van der Waals surface area contributed by atoms with Crippen molar-refractivity contribution in [2.24, 2.45) is 0 Å². The van der Waals surface area contributed by atoms with Gasteiger partial charge in [0.1, 0.15) is 12.2 Å². The quantitative estimate of drug-likeness (QED) is 0.256. The van der Waals surface area contributed by atoms with Crippen molar-refractivity contribution in [2.45, 2.75) is 27.4 Å². The molecule has 3 aromatic carbocycles. The normalized spacial score (nSPS) is 14.3. The Morgan fingerprint density at radius 3 is 2.26 bits per heavy atom. The number of methoxy groups -OCH3 is 1. The van der Waals surface area contributed by atoms with E-state index < -0.39 is 23.8 Å².